The number of hydrogen-bond donors (Lipinski definition) is 2. The van der Waals surface area contributed by atoms with Crippen LogP contribution in [0.15, 0.2) is 46.6 Å². The molecule has 0 aliphatic rings. The van der Waals surface area contributed by atoms with Gasteiger partial charge in [-0.25, -0.2) is 0 Å². The molecule has 4 aromatic rings. The van der Waals surface area contributed by atoms with Crippen LogP contribution in [0.4, 0.5) is 0 Å². The number of benzene rings is 2. The van der Waals surface area contributed by atoms with Crippen molar-refractivity contribution in [3.8, 4) is 22.9 Å². The Bertz CT molecular complexity index is 1260. The van der Waals surface area contributed by atoms with Gasteiger partial charge in [0.15, 0.2) is 0 Å². The van der Waals surface area contributed by atoms with E-state index in [1.807, 2.05) is 36.6 Å². The number of nitrogens with one attached hydrogen (secondary N) is 2. The van der Waals surface area contributed by atoms with Gasteiger partial charge in [0.25, 0.3) is 5.56 Å². The molecule has 0 aliphatic carbocycles. The fourth-order valence-corrected chi connectivity index (χ4v) is 4.36. The van der Waals surface area contributed by atoms with E-state index in [0.717, 1.165) is 49.0 Å². The van der Waals surface area contributed by atoms with E-state index in [2.05, 4.69) is 28.5 Å². The lowest BCUT2D eigenvalue weighted by atomic mass is 9.94. The number of aryl methyl sites for hydroxylation is 1. The van der Waals surface area contributed by atoms with Crippen molar-refractivity contribution in [3.05, 3.63) is 63.3 Å². The summed E-state index contributed by atoms with van der Waals surface area (Å²) >= 11 is 1.45. The maximum absolute atomic E-state index is 12.5. The molecule has 28 heavy (non-hydrogen) atoms. The molecule has 2 aromatic heterocycles. The second-order valence-corrected chi connectivity index (χ2v) is 7.51. The van der Waals surface area contributed by atoms with Gasteiger partial charge in [0.2, 0.25) is 0 Å². The van der Waals surface area contributed by atoms with Crippen molar-refractivity contribution in [2.45, 2.75) is 13.5 Å². The molecule has 0 spiro atoms. The van der Waals surface area contributed by atoms with Crippen LogP contribution in [0.5, 0.6) is 5.75 Å². The molecule has 2 N–H and O–H groups in total. The summed E-state index contributed by atoms with van der Waals surface area (Å²) in [5, 5.41) is 15.6. The van der Waals surface area contributed by atoms with Gasteiger partial charge in [-0.3, -0.25) is 4.79 Å². The smallest absolute Gasteiger partial charge is 0.266 e. The highest BCUT2D eigenvalue weighted by Gasteiger charge is 2.18. The topological polar surface area (TPSA) is 77.9 Å². The van der Waals surface area contributed by atoms with E-state index in [9.17, 15) is 4.79 Å². The minimum atomic E-state index is -0.0596. The van der Waals surface area contributed by atoms with E-state index < -0.39 is 0 Å². The lowest BCUT2D eigenvalue weighted by Gasteiger charge is -2.16. The number of pyridine rings is 1. The van der Waals surface area contributed by atoms with Gasteiger partial charge in [0.05, 0.1) is 25.2 Å². The van der Waals surface area contributed by atoms with E-state index in [4.69, 9.17) is 10.00 Å². The third-order valence-corrected chi connectivity index (χ3v) is 5.78. The van der Waals surface area contributed by atoms with Crippen LogP contribution >= 0.6 is 11.3 Å². The Kier molecular flexibility index (Phi) is 4.86. The van der Waals surface area contributed by atoms with Crippen molar-refractivity contribution in [1.82, 2.24) is 10.3 Å². The fraction of sp³-hybridized carbons (Fsp3) is 0.182. The van der Waals surface area contributed by atoms with E-state index >= 15 is 0 Å². The third-order valence-electron chi connectivity index (χ3n) is 4.86. The van der Waals surface area contributed by atoms with Crippen LogP contribution in [0.3, 0.4) is 0 Å². The highest BCUT2D eigenvalue weighted by Crippen LogP contribution is 2.41. The molecule has 0 aliphatic heterocycles. The second-order valence-electron chi connectivity index (χ2n) is 6.60. The van der Waals surface area contributed by atoms with Gasteiger partial charge in [-0.2, -0.15) is 5.26 Å². The molecule has 0 unspecified atom stereocenters. The van der Waals surface area contributed by atoms with Crippen LogP contribution in [0.25, 0.3) is 32.1 Å². The molecule has 0 amide bonds. The minimum absolute atomic E-state index is 0.0596. The van der Waals surface area contributed by atoms with Gasteiger partial charge in [0, 0.05) is 22.9 Å². The molecule has 0 saturated carbocycles. The SMILES string of the molecule is COc1cc(C)c2[nH]c(=O)c3sccc3c2c1-c1ccc(CNCC#N)cc1. The first-order valence-electron chi connectivity index (χ1n) is 8.91. The highest BCUT2D eigenvalue weighted by molar-refractivity contribution is 7.17. The summed E-state index contributed by atoms with van der Waals surface area (Å²) in [6.45, 7) is 2.94. The lowest BCUT2D eigenvalue weighted by Crippen LogP contribution is -2.12. The van der Waals surface area contributed by atoms with Gasteiger partial charge in [-0.05, 0) is 41.1 Å². The standard InChI is InChI=1S/C22H19N3O2S/c1-13-11-17(27-2)18(15-5-3-14(4-6-15)12-24-9-8-23)19-16-7-10-28-21(16)22(26)25-20(13)19/h3-7,10-11,24H,9,12H2,1-2H3,(H,25,26). The van der Waals surface area contributed by atoms with E-state index in [0.29, 0.717) is 13.1 Å². The number of aromatic amines is 1. The Morgan fingerprint density at radius 3 is 2.75 bits per heavy atom. The quantitative estimate of drug-likeness (QED) is 0.393. The highest BCUT2D eigenvalue weighted by atomic mass is 32.1. The van der Waals surface area contributed by atoms with E-state index in [1.165, 1.54) is 11.3 Å². The number of nitriles is 1. The first-order chi connectivity index (χ1) is 13.6. The molecule has 5 nitrogen and oxygen atoms in total. The number of ether oxygens (including phenoxy) is 1. The summed E-state index contributed by atoms with van der Waals surface area (Å²) in [5.74, 6) is 0.778. The second kappa shape index (κ2) is 7.47. The monoisotopic (exact) mass is 389 g/mol. The third kappa shape index (κ3) is 3.05. The molecular weight excluding hydrogens is 370 g/mol. The predicted octanol–water partition coefficient (Wildman–Crippen LogP) is 4.34. The molecule has 0 saturated heterocycles. The van der Waals surface area contributed by atoms with Gasteiger partial charge in [-0.1, -0.05) is 24.3 Å². The molecule has 2 aromatic carbocycles. The number of fused-ring (bicyclic) bond motifs is 3. The van der Waals surface area contributed by atoms with Gasteiger partial charge >= 0.3 is 0 Å². The first kappa shape index (κ1) is 18.2. The van der Waals surface area contributed by atoms with Crippen molar-refractivity contribution in [2.75, 3.05) is 13.7 Å². The maximum Gasteiger partial charge on any atom is 0.266 e. The van der Waals surface area contributed by atoms with Crippen molar-refractivity contribution in [3.63, 3.8) is 0 Å². The number of rotatable bonds is 5. The normalized spacial score (nSPS) is 11.0. The average molecular weight is 389 g/mol. The summed E-state index contributed by atoms with van der Waals surface area (Å²) in [5.41, 5.74) is 4.84. The van der Waals surface area contributed by atoms with Crippen molar-refractivity contribution >= 4 is 32.3 Å². The Labute approximate surface area is 166 Å². The number of methoxy groups -OCH3 is 1. The number of thiophene rings is 1. The number of aromatic nitrogens is 1. The van der Waals surface area contributed by atoms with Crippen LogP contribution < -0.4 is 15.6 Å². The molecular formula is C22H19N3O2S. The Balaban J connectivity index is 1.95. The largest absolute Gasteiger partial charge is 0.496 e. The summed E-state index contributed by atoms with van der Waals surface area (Å²) in [7, 11) is 1.67. The lowest BCUT2D eigenvalue weighted by molar-refractivity contribution is 0.416. The van der Waals surface area contributed by atoms with Crippen molar-refractivity contribution in [1.29, 1.82) is 5.26 Å². The molecule has 140 valence electrons. The Morgan fingerprint density at radius 2 is 2.04 bits per heavy atom. The molecule has 0 fully saturated rings. The zero-order valence-electron chi connectivity index (χ0n) is 15.6. The summed E-state index contributed by atoms with van der Waals surface area (Å²) in [6.07, 6.45) is 0. The van der Waals surface area contributed by atoms with Crippen LogP contribution in [-0.2, 0) is 6.54 Å². The predicted molar refractivity (Wildman–Crippen MR) is 114 cm³/mol. The van der Waals surface area contributed by atoms with Crippen LogP contribution in [0.2, 0.25) is 0 Å². The van der Waals surface area contributed by atoms with Crippen LogP contribution in [-0.4, -0.2) is 18.6 Å². The Hall–Kier alpha value is -3.14. The van der Waals surface area contributed by atoms with Crippen molar-refractivity contribution < 1.29 is 4.74 Å². The molecule has 4 rings (SSSR count). The number of H-pyrrole nitrogens is 1. The molecule has 0 atom stereocenters. The van der Waals surface area contributed by atoms with E-state index in [1.54, 1.807) is 7.11 Å². The Morgan fingerprint density at radius 1 is 1.25 bits per heavy atom. The summed E-state index contributed by atoms with van der Waals surface area (Å²) in [6, 6.07) is 14.2. The van der Waals surface area contributed by atoms with Crippen LogP contribution in [0.1, 0.15) is 11.1 Å². The number of hydrogen-bond acceptors (Lipinski definition) is 5. The fourth-order valence-electron chi connectivity index (χ4n) is 3.57. The molecule has 0 bridgehead atoms. The zero-order valence-corrected chi connectivity index (χ0v) is 16.4. The van der Waals surface area contributed by atoms with Crippen LogP contribution in [0, 0.1) is 18.3 Å². The zero-order chi connectivity index (χ0) is 19.7. The molecule has 2 heterocycles. The first-order valence-corrected chi connectivity index (χ1v) is 9.79. The van der Waals surface area contributed by atoms with Gasteiger partial charge in [-0.15, -0.1) is 11.3 Å². The average Bonchev–Trinajstić information content (AvgIpc) is 3.20. The van der Waals surface area contributed by atoms with Gasteiger partial charge in [0.1, 0.15) is 10.4 Å². The summed E-state index contributed by atoms with van der Waals surface area (Å²) < 4.78 is 6.44. The number of nitrogens with zero attached hydrogens (tertiary/aromatic N) is 1. The molecule has 6 heteroatoms. The molecule has 0 radical (unpaired) electrons. The van der Waals surface area contributed by atoms with E-state index in [-0.39, 0.29) is 5.56 Å². The van der Waals surface area contributed by atoms with Crippen molar-refractivity contribution in [2.24, 2.45) is 0 Å². The summed E-state index contributed by atoms with van der Waals surface area (Å²) in [4.78, 5) is 15.5. The van der Waals surface area contributed by atoms with Gasteiger partial charge < -0.3 is 15.0 Å². The maximum atomic E-state index is 12.5. The minimum Gasteiger partial charge on any atom is -0.496 e.